The van der Waals surface area contributed by atoms with Crippen molar-refractivity contribution in [1.82, 2.24) is 20.1 Å². The Bertz CT molecular complexity index is 665. The number of rotatable bonds is 7. The first-order valence-electron chi connectivity index (χ1n) is 9.10. The van der Waals surface area contributed by atoms with Crippen LogP contribution in [0.3, 0.4) is 0 Å². The summed E-state index contributed by atoms with van der Waals surface area (Å²) in [5.41, 5.74) is 1.40. The number of thioether (sulfide) groups is 1. The van der Waals surface area contributed by atoms with Gasteiger partial charge in [-0.3, -0.25) is 9.89 Å². The van der Waals surface area contributed by atoms with Gasteiger partial charge in [0.1, 0.15) is 5.82 Å². The lowest BCUT2D eigenvalue weighted by molar-refractivity contribution is -0.129. The van der Waals surface area contributed by atoms with E-state index in [-0.39, 0.29) is 5.91 Å². The number of carbonyl (C=O) groups excluding carboxylic acids is 1. The van der Waals surface area contributed by atoms with Crippen LogP contribution in [0.4, 0.5) is 0 Å². The molecule has 2 heterocycles. The third-order valence-corrected chi connectivity index (χ3v) is 5.49. The Kier molecular flexibility index (Phi) is 6.50. The monoisotopic (exact) mass is 358 g/mol. The van der Waals surface area contributed by atoms with Crippen LogP contribution in [0, 0.1) is 5.92 Å². The number of hydrogen-bond donors (Lipinski definition) is 1. The van der Waals surface area contributed by atoms with Crippen LogP contribution in [-0.2, 0) is 17.6 Å². The topological polar surface area (TPSA) is 61.9 Å². The quantitative estimate of drug-likeness (QED) is 0.771. The van der Waals surface area contributed by atoms with E-state index < -0.39 is 0 Å². The highest BCUT2D eigenvalue weighted by molar-refractivity contribution is 7.99. The lowest BCUT2D eigenvalue weighted by Crippen LogP contribution is -2.39. The second-order valence-electron chi connectivity index (χ2n) is 6.62. The van der Waals surface area contributed by atoms with Crippen LogP contribution in [0.5, 0.6) is 0 Å². The summed E-state index contributed by atoms with van der Waals surface area (Å²) < 4.78 is 0. The van der Waals surface area contributed by atoms with E-state index in [4.69, 9.17) is 0 Å². The van der Waals surface area contributed by atoms with Gasteiger partial charge in [0.05, 0.1) is 5.75 Å². The molecule has 1 aromatic heterocycles. The fourth-order valence-corrected chi connectivity index (χ4v) is 3.96. The van der Waals surface area contributed by atoms with E-state index in [1.807, 2.05) is 4.90 Å². The van der Waals surface area contributed by atoms with Gasteiger partial charge in [0.2, 0.25) is 11.1 Å². The predicted molar refractivity (Wildman–Crippen MR) is 101 cm³/mol. The van der Waals surface area contributed by atoms with Gasteiger partial charge in [-0.2, -0.15) is 0 Å². The number of aromatic nitrogens is 3. The summed E-state index contributed by atoms with van der Waals surface area (Å²) in [6.07, 6.45) is 5.24. The third kappa shape index (κ3) is 5.33. The fourth-order valence-electron chi connectivity index (χ4n) is 3.24. The molecule has 1 amide bonds. The zero-order chi connectivity index (χ0) is 17.5. The summed E-state index contributed by atoms with van der Waals surface area (Å²) >= 11 is 1.43. The lowest BCUT2D eigenvalue weighted by Gasteiger charge is -2.32. The van der Waals surface area contributed by atoms with Crippen molar-refractivity contribution in [1.29, 1.82) is 0 Å². The van der Waals surface area contributed by atoms with Crippen molar-refractivity contribution in [2.75, 3.05) is 18.8 Å². The van der Waals surface area contributed by atoms with E-state index >= 15 is 0 Å². The number of benzene rings is 1. The van der Waals surface area contributed by atoms with Gasteiger partial charge < -0.3 is 4.90 Å². The number of amides is 1. The van der Waals surface area contributed by atoms with Crippen LogP contribution in [0.1, 0.15) is 37.6 Å². The zero-order valence-electron chi connectivity index (χ0n) is 14.8. The van der Waals surface area contributed by atoms with Crippen LogP contribution in [0.2, 0.25) is 0 Å². The molecule has 134 valence electrons. The Hall–Kier alpha value is -1.82. The van der Waals surface area contributed by atoms with Crippen LogP contribution in [0.25, 0.3) is 0 Å². The van der Waals surface area contributed by atoms with Crippen LogP contribution in [0.15, 0.2) is 35.5 Å². The molecule has 1 aliphatic heterocycles. The molecule has 1 aliphatic rings. The lowest BCUT2D eigenvalue weighted by atomic mass is 9.90. The number of piperidine rings is 1. The van der Waals surface area contributed by atoms with E-state index in [1.54, 1.807) is 0 Å². The summed E-state index contributed by atoms with van der Waals surface area (Å²) in [4.78, 5) is 18.8. The Balaban J connectivity index is 1.40. The molecule has 0 bridgehead atoms. The molecule has 0 radical (unpaired) electrons. The highest BCUT2D eigenvalue weighted by atomic mass is 32.2. The van der Waals surface area contributed by atoms with Gasteiger partial charge in [-0.15, -0.1) is 5.10 Å². The average molecular weight is 359 g/mol. The number of H-pyrrole nitrogens is 1. The first kappa shape index (κ1) is 18.0. The van der Waals surface area contributed by atoms with E-state index in [9.17, 15) is 4.79 Å². The average Bonchev–Trinajstić information content (AvgIpc) is 3.09. The minimum absolute atomic E-state index is 0.199. The Morgan fingerprint density at radius 2 is 2.04 bits per heavy atom. The van der Waals surface area contributed by atoms with Crippen LogP contribution < -0.4 is 0 Å². The normalized spacial score (nSPS) is 15.5. The van der Waals surface area contributed by atoms with Crippen LogP contribution >= 0.6 is 11.8 Å². The molecule has 0 aliphatic carbocycles. The molecular weight excluding hydrogens is 332 g/mol. The minimum Gasteiger partial charge on any atom is -0.342 e. The van der Waals surface area contributed by atoms with E-state index in [2.05, 4.69) is 52.4 Å². The number of nitrogens with zero attached hydrogens (tertiary/aromatic N) is 3. The predicted octanol–water partition coefficient (Wildman–Crippen LogP) is 3.33. The third-order valence-electron chi connectivity index (χ3n) is 4.66. The van der Waals surface area contributed by atoms with E-state index in [0.29, 0.717) is 16.8 Å². The highest BCUT2D eigenvalue weighted by Gasteiger charge is 2.23. The number of likely N-dealkylation sites (tertiary alicyclic amines) is 1. The van der Waals surface area contributed by atoms with Crippen molar-refractivity contribution in [3.8, 4) is 0 Å². The van der Waals surface area contributed by atoms with Crippen molar-refractivity contribution in [3.05, 3.63) is 41.7 Å². The van der Waals surface area contributed by atoms with E-state index in [0.717, 1.165) is 51.0 Å². The van der Waals surface area contributed by atoms with Gasteiger partial charge in [0.25, 0.3) is 0 Å². The van der Waals surface area contributed by atoms with E-state index in [1.165, 1.54) is 17.3 Å². The first-order valence-corrected chi connectivity index (χ1v) is 10.1. The zero-order valence-corrected chi connectivity index (χ0v) is 15.6. The molecule has 3 rings (SSSR count). The SMILES string of the molecule is CCCc1nc(SCC(=O)N2CCC(Cc3ccccc3)CC2)n[nH]1. The Labute approximate surface area is 153 Å². The van der Waals surface area contributed by atoms with Gasteiger partial charge in [0.15, 0.2) is 0 Å². The molecule has 0 saturated carbocycles. The van der Waals surface area contributed by atoms with Crippen molar-refractivity contribution >= 4 is 17.7 Å². The maximum Gasteiger partial charge on any atom is 0.233 e. The number of nitrogens with one attached hydrogen (secondary N) is 1. The fraction of sp³-hybridized carbons (Fsp3) is 0.526. The maximum atomic E-state index is 12.4. The summed E-state index contributed by atoms with van der Waals surface area (Å²) in [7, 11) is 0. The highest BCUT2D eigenvalue weighted by Crippen LogP contribution is 2.23. The summed E-state index contributed by atoms with van der Waals surface area (Å²) in [5.74, 6) is 2.21. The molecule has 1 N–H and O–H groups in total. The molecule has 5 nitrogen and oxygen atoms in total. The Morgan fingerprint density at radius 3 is 2.76 bits per heavy atom. The number of aromatic amines is 1. The number of aryl methyl sites for hydroxylation is 1. The van der Waals surface area contributed by atoms with Crippen molar-refractivity contribution in [2.45, 2.75) is 44.2 Å². The molecule has 0 atom stereocenters. The molecule has 25 heavy (non-hydrogen) atoms. The van der Waals surface area contributed by atoms with Crippen molar-refractivity contribution in [2.24, 2.45) is 5.92 Å². The summed E-state index contributed by atoms with van der Waals surface area (Å²) in [6.45, 7) is 3.85. The van der Waals surface area contributed by atoms with Gasteiger partial charge in [-0.25, -0.2) is 4.98 Å². The van der Waals surface area contributed by atoms with Crippen LogP contribution in [-0.4, -0.2) is 44.8 Å². The molecule has 6 heteroatoms. The Morgan fingerprint density at radius 1 is 1.28 bits per heavy atom. The van der Waals surface area contributed by atoms with Gasteiger partial charge in [-0.1, -0.05) is 49.0 Å². The largest absolute Gasteiger partial charge is 0.342 e. The molecule has 2 aromatic rings. The standard InChI is InChI=1S/C19H26N4OS/c1-2-6-17-20-19(22-21-17)25-14-18(24)23-11-9-16(10-12-23)13-15-7-4-3-5-8-15/h3-5,7-8,16H,2,6,9-14H2,1H3,(H,20,21,22). The molecule has 0 spiro atoms. The van der Waals surface area contributed by atoms with Gasteiger partial charge >= 0.3 is 0 Å². The van der Waals surface area contributed by atoms with Gasteiger partial charge in [-0.05, 0) is 37.2 Å². The second kappa shape index (κ2) is 9.04. The number of hydrogen-bond acceptors (Lipinski definition) is 4. The minimum atomic E-state index is 0.199. The number of carbonyl (C=O) groups is 1. The first-order chi connectivity index (χ1) is 12.2. The summed E-state index contributed by atoms with van der Waals surface area (Å²) in [6, 6.07) is 10.6. The summed E-state index contributed by atoms with van der Waals surface area (Å²) in [5, 5.41) is 7.78. The molecule has 0 unspecified atom stereocenters. The molecule has 1 saturated heterocycles. The second-order valence-corrected chi connectivity index (χ2v) is 7.56. The molecule has 1 fully saturated rings. The smallest absolute Gasteiger partial charge is 0.233 e. The molecule has 1 aromatic carbocycles. The van der Waals surface area contributed by atoms with Gasteiger partial charge in [0, 0.05) is 19.5 Å². The van der Waals surface area contributed by atoms with Crippen molar-refractivity contribution < 1.29 is 4.79 Å². The maximum absolute atomic E-state index is 12.4. The molecular formula is C19H26N4OS. The van der Waals surface area contributed by atoms with Crippen molar-refractivity contribution in [3.63, 3.8) is 0 Å².